The van der Waals surface area contributed by atoms with Gasteiger partial charge in [0, 0.05) is 10.9 Å². The Balaban J connectivity index is 1.62. The molecule has 0 unspecified atom stereocenters. The van der Waals surface area contributed by atoms with Crippen LogP contribution in [0.15, 0.2) is 29.6 Å². The highest BCUT2D eigenvalue weighted by molar-refractivity contribution is 7.09. The Morgan fingerprint density at radius 1 is 1.14 bits per heavy atom. The van der Waals surface area contributed by atoms with Gasteiger partial charge in [-0.2, -0.15) is 0 Å². The van der Waals surface area contributed by atoms with Crippen molar-refractivity contribution in [1.82, 2.24) is 9.88 Å². The molecule has 1 aromatic heterocycles. The maximum atomic E-state index is 5.63. The molecule has 2 heterocycles. The fraction of sp³-hybridized carbons (Fsp3) is 0.500. The van der Waals surface area contributed by atoms with Crippen LogP contribution in [-0.4, -0.2) is 29.6 Å². The van der Waals surface area contributed by atoms with Crippen molar-refractivity contribution in [3.8, 4) is 17.0 Å². The first-order valence-corrected chi connectivity index (χ1v) is 9.13. The molecule has 118 valence electrons. The van der Waals surface area contributed by atoms with Crippen LogP contribution >= 0.6 is 11.3 Å². The first-order chi connectivity index (χ1) is 10.8. The SMILES string of the molecule is CCCOc1ccc(-c2csc(CN3CCCCC3)n2)cc1. The highest BCUT2D eigenvalue weighted by Crippen LogP contribution is 2.25. The molecule has 0 saturated carbocycles. The molecule has 3 rings (SSSR count). The fourth-order valence-electron chi connectivity index (χ4n) is 2.77. The maximum Gasteiger partial charge on any atom is 0.119 e. The quantitative estimate of drug-likeness (QED) is 0.779. The van der Waals surface area contributed by atoms with Crippen LogP contribution in [0.4, 0.5) is 0 Å². The Labute approximate surface area is 137 Å². The summed E-state index contributed by atoms with van der Waals surface area (Å²) < 4.78 is 5.63. The zero-order chi connectivity index (χ0) is 15.2. The van der Waals surface area contributed by atoms with E-state index in [1.54, 1.807) is 11.3 Å². The lowest BCUT2D eigenvalue weighted by Gasteiger charge is -2.25. The molecule has 1 aliphatic rings. The van der Waals surface area contributed by atoms with Gasteiger partial charge >= 0.3 is 0 Å². The summed E-state index contributed by atoms with van der Waals surface area (Å²) in [6.45, 7) is 6.34. The normalized spacial score (nSPS) is 15.9. The first kappa shape index (κ1) is 15.5. The third kappa shape index (κ3) is 4.08. The molecular formula is C18H24N2OS. The molecule has 4 heteroatoms. The zero-order valence-electron chi connectivity index (χ0n) is 13.3. The van der Waals surface area contributed by atoms with E-state index in [4.69, 9.17) is 9.72 Å². The van der Waals surface area contributed by atoms with Gasteiger partial charge in [-0.25, -0.2) is 4.98 Å². The zero-order valence-corrected chi connectivity index (χ0v) is 14.1. The number of likely N-dealkylation sites (tertiary alicyclic amines) is 1. The van der Waals surface area contributed by atoms with Crippen LogP contribution in [0.2, 0.25) is 0 Å². The highest BCUT2D eigenvalue weighted by atomic mass is 32.1. The monoisotopic (exact) mass is 316 g/mol. The number of nitrogens with zero attached hydrogens (tertiary/aromatic N) is 2. The molecule has 1 aromatic carbocycles. The van der Waals surface area contributed by atoms with Crippen molar-refractivity contribution in [2.24, 2.45) is 0 Å². The second-order valence-corrected chi connectivity index (χ2v) is 6.78. The standard InChI is InChI=1S/C18H24N2OS/c1-2-12-21-16-8-6-15(7-9-16)17-14-22-18(19-17)13-20-10-4-3-5-11-20/h6-9,14H,2-5,10-13H2,1H3. The number of rotatable bonds is 6. The van der Waals surface area contributed by atoms with Crippen molar-refractivity contribution < 1.29 is 4.74 Å². The Morgan fingerprint density at radius 3 is 2.64 bits per heavy atom. The van der Waals surface area contributed by atoms with E-state index < -0.39 is 0 Å². The fourth-order valence-corrected chi connectivity index (χ4v) is 3.61. The second-order valence-electron chi connectivity index (χ2n) is 5.84. The van der Waals surface area contributed by atoms with E-state index in [1.807, 2.05) is 12.1 Å². The van der Waals surface area contributed by atoms with E-state index >= 15 is 0 Å². The molecule has 0 amide bonds. The Hall–Kier alpha value is -1.39. The third-order valence-electron chi connectivity index (χ3n) is 3.98. The van der Waals surface area contributed by atoms with E-state index in [9.17, 15) is 0 Å². The average molecular weight is 316 g/mol. The molecule has 0 spiro atoms. The summed E-state index contributed by atoms with van der Waals surface area (Å²) in [6, 6.07) is 8.28. The van der Waals surface area contributed by atoms with Crippen LogP contribution in [0, 0.1) is 0 Å². The van der Waals surface area contributed by atoms with E-state index in [0.29, 0.717) is 0 Å². The molecule has 22 heavy (non-hydrogen) atoms. The van der Waals surface area contributed by atoms with Gasteiger partial charge in [0.05, 0.1) is 18.8 Å². The van der Waals surface area contributed by atoms with Gasteiger partial charge in [0.2, 0.25) is 0 Å². The van der Waals surface area contributed by atoms with Gasteiger partial charge in [0.15, 0.2) is 0 Å². The van der Waals surface area contributed by atoms with E-state index in [-0.39, 0.29) is 0 Å². The number of benzene rings is 1. The molecule has 1 saturated heterocycles. The van der Waals surface area contributed by atoms with Crippen molar-refractivity contribution >= 4 is 11.3 Å². The van der Waals surface area contributed by atoms with E-state index in [0.717, 1.165) is 31.0 Å². The number of ether oxygens (including phenoxy) is 1. The Kier molecular flexibility index (Phi) is 5.46. The molecule has 2 aromatic rings. The smallest absolute Gasteiger partial charge is 0.119 e. The summed E-state index contributed by atoms with van der Waals surface area (Å²) in [6.07, 6.45) is 5.08. The molecule has 3 nitrogen and oxygen atoms in total. The summed E-state index contributed by atoms with van der Waals surface area (Å²) in [5.74, 6) is 0.939. The lowest BCUT2D eigenvalue weighted by molar-refractivity contribution is 0.220. The minimum atomic E-state index is 0.774. The summed E-state index contributed by atoms with van der Waals surface area (Å²) in [7, 11) is 0. The van der Waals surface area contributed by atoms with Gasteiger partial charge < -0.3 is 4.74 Å². The van der Waals surface area contributed by atoms with Crippen LogP contribution < -0.4 is 4.74 Å². The largest absolute Gasteiger partial charge is 0.494 e. The van der Waals surface area contributed by atoms with Crippen molar-refractivity contribution in [3.05, 3.63) is 34.7 Å². The first-order valence-electron chi connectivity index (χ1n) is 8.25. The van der Waals surface area contributed by atoms with Gasteiger partial charge in [0.1, 0.15) is 10.8 Å². The minimum absolute atomic E-state index is 0.774. The number of hydrogen-bond donors (Lipinski definition) is 0. The molecule has 0 radical (unpaired) electrons. The molecular weight excluding hydrogens is 292 g/mol. The summed E-state index contributed by atoms with van der Waals surface area (Å²) in [5.41, 5.74) is 2.25. The van der Waals surface area contributed by atoms with Crippen LogP contribution in [-0.2, 0) is 6.54 Å². The van der Waals surface area contributed by atoms with Gasteiger partial charge in [-0.3, -0.25) is 4.90 Å². The van der Waals surface area contributed by atoms with Crippen LogP contribution in [0.1, 0.15) is 37.6 Å². The molecule has 0 atom stereocenters. The van der Waals surface area contributed by atoms with Crippen molar-refractivity contribution in [3.63, 3.8) is 0 Å². The van der Waals surface area contributed by atoms with Gasteiger partial charge in [-0.1, -0.05) is 13.3 Å². The van der Waals surface area contributed by atoms with Crippen molar-refractivity contribution in [1.29, 1.82) is 0 Å². The van der Waals surface area contributed by atoms with E-state index in [2.05, 4.69) is 29.3 Å². The highest BCUT2D eigenvalue weighted by Gasteiger charge is 2.13. The van der Waals surface area contributed by atoms with Crippen molar-refractivity contribution in [2.45, 2.75) is 39.2 Å². The topological polar surface area (TPSA) is 25.4 Å². The van der Waals surface area contributed by atoms with Crippen LogP contribution in [0.5, 0.6) is 5.75 Å². The second kappa shape index (κ2) is 7.75. The Bertz CT molecular complexity index is 573. The number of thiazole rings is 1. The van der Waals surface area contributed by atoms with Crippen molar-refractivity contribution in [2.75, 3.05) is 19.7 Å². The molecule has 0 N–H and O–H groups in total. The van der Waals surface area contributed by atoms with Crippen LogP contribution in [0.3, 0.4) is 0 Å². The van der Waals surface area contributed by atoms with Crippen LogP contribution in [0.25, 0.3) is 11.3 Å². The Morgan fingerprint density at radius 2 is 1.91 bits per heavy atom. The van der Waals surface area contributed by atoms with E-state index in [1.165, 1.54) is 42.9 Å². The number of aromatic nitrogens is 1. The predicted molar refractivity (Wildman–Crippen MR) is 92.5 cm³/mol. The van der Waals surface area contributed by atoms with Gasteiger partial charge in [0.25, 0.3) is 0 Å². The predicted octanol–water partition coefficient (Wildman–Crippen LogP) is 4.58. The third-order valence-corrected chi connectivity index (χ3v) is 4.82. The minimum Gasteiger partial charge on any atom is -0.494 e. The number of hydrogen-bond acceptors (Lipinski definition) is 4. The lowest BCUT2D eigenvalue weighted by Crippen LogP contribution is -2.28. The molecule has 1 fully saturated rings. The summed E-state index contributed by atoms with van der Waals surface area (Å²) >= 11 is 1.77. The lowest BCUT2D eigenvalue weighted by atomic mass is 10.1. The molecule has 1 aliphatic heterocycles. The maximum absolute atomic E-state index is 5.63. The van der Waals surface area contributed by atoms with Gasteiger partial charge in [-0.05, 0) is 56.6 Å². The number of piperidine rings is 1. The summed E-state index contributed by atoms with van der Waals surface area (Å²) in [4.78, 5) is 7.32. The summed E-state index contributed by atoms with van der Waals surface area (Å²) in [5, 5.41) is 3.39. The molecule has 0 aliphatic carbocycles. The molecule has 0 bridgehead atoms. The average Bonchev–Trinajstić information content (AvgIpc) is 3.03. The van der Waals surface area contributed by atoms with Gasteiger partial charge in [-0.15, -0.1) is 11.3 Å².